The first kappa shape index (κ1) is 13.2. The fourth-order valence-electron chi connectivity index (χ4n) is 1.65. The van der Waals surface area contributed by atoms with Gasteiger partial charge in [-0.2, -0.15) is 0 Å². The minimum Gasteiger partial charge on any atom is -0.481 e. The maximum atomic E-state index is 10.4. The van der Waals surface area contributed by atoms with Gasteiger partial charge in [-0.25, -0.2) is 0 Å². The van der Waals surface area contributed by atoms with Crippen molar-refractivity contribution in [1.29, 1.82) is 0 Å². The molecule has 0 atom stereocenters. The predicted octanol–water partition coefficient (Wildman–Crippen LogP) is 3.89. The number of aryl methyl sites for hydroxylation is 2. The van der Waals surface area contributed by atoms with Crippen molar-refractivity contribution < 1.29 is 9.90 Å². The molecule has 0 unspecified atom stereocenters. The van der Waals surface area contributed by atoms with E-state index in [1.807, 2.05) is 11.3 Å². The number of carbonyl (C=O) groups is 1. The Labute approximate surface area is 101 Å². The van der Waals surface area contributed by atoms with Gasteiger partial charge in [-0.3, -0.25) is 4.79 Å². The van der Waals surface area contributed by atoms with Gasteiger partial charge in [-0.05, 0) is 37.8 Å². The standard InChI is InChI=1S/C13H20O2S/c1-2-3-4-6-11-9-10-12(16-11)7-5-8-13(14)15/h9-10H,2-8H2,1H3,(H,14,15). The van der Waals surface area contributed by atoms with Gasteiger partial charge in [0.05, 0.1) is 0 Å². The average Bonchev–Trinajstić information content (AvgIpc) is 2.66. The molecule has 0 bridgehead atoms. The van der Waals surface area contributed by atoms with E-state index in [0.29, 0.717) is 0 Å². The highest BCUT2D eigenvalue weighted by atomic mass is 32.1. The van der Waals surface area contributed by atoms with Gasteiger partial charge >= 0.3 is 5.97 Å². The van der Waals surface area contributed by atoms with Crippen molar-refractivity contribution in [1.82, 2.24) is 0 Å². The van der Waals surface area contributed by atoms with Crippen LogP contribution in [0.4, 0.5) is 0 Å². The van der Waals surface area contributed by atoms with Gasteiger partial charge in [0.1, 0.15) is 0 Å². The molecule has 0 fully saturated rings. The molecule has 0 radical (unpaired) electrons. The first-order valence-electron chi connectivity index (χ1n) is 6.01. The number of thiophene rings is 1. The Morgan fingerprint density at radius 3 is 2.38 bits per heavy atom. The number of carboxylic acid groups (broad SMARTS) is 1. The van der Waals surface area contributed by atoms with E-state index in [0.717, 1.165) is 12.8 Å². The van der Waals surface area contributed by atoms with Crippen LogP contribution in [0.25, 0.3) is 0 Å². The lowest BCUT2D eigenvalue weighted by atomic mass is 10.2. The predicted molar refractivity (Wildman–Crippen MR) is 68.1 cm³/mol. The van der Waals surface area contributed by atoms with Crippen molar-refractivity contribution >= 4 is 17.3 Å². The van der Waals surface area contributed by atoms with Crippen molar-refractivity contribution in [3.8, 4) is 0 Å². The summed E-state index contributed by atoms with van der Waals surface area (Å²) in [5, 5.41) is 8.54. The van der Waals surface area contributed by atoms with Crippen molar-refractivity contribution in [2.75, 3.05) is 0 Å². The molecule has 0 saturated carbocycles. The van der Waals surface area contributed by atoms with Crippen LogP contribution in [0, 0.1) is 0 Å². The zero-order chi connectivity index (χ0) is 11.8. The fourth-order valence-corrected chi connectivity index (χ4v) is 2.76. The summed E-state index contributed by atoms with van der Waals surface area (Å²) < 4.78 is 0. The molecule has 0 aromatic carbocycles. The lowest BCUT2D eigenvalue weighted by Gasteiger charge is -1.96. The minimum absolute atomic E-state index is 0.281. The molecule has 0 saturated heterocycles. The smallest absolute Gasteiger partial charge is 0.303 e. The SMILES string of the molecule is CCCCCc1ccc(CCCC(=O)O)s1. The van der Waals surface area contributed by atoms with Gasteiger partial charge in [0.15, 0.2) is 0 Å². The summed E-state index contributed by atoms with van der Waals surface area (Å²) in [7, 11) is 0. The molecular formula is C13H20O2S. The highest BCUT2D eigenvalue weighted by molar-refractivity contribution is 7.11. The van der Waals surface area contributed by atoms with Gasteiger partial charge < -0.3 is 5.11 Å². The molecule has 1 aromatic rings. The van der Waals surface area contributed by atoms with E-state index in [-0.39, 0.29) is 6.42 Å². The highest BCUT2D eigenvalue weighted by Gasteiger charge is 2.02. The summed E-state index contributed by atoms with van der Waals surface area (Å²) >= 11 is 1.84. The third-order valence-corrected chi connectivity index (χ3v) is 3.76. The average molecular weight is 240 g/mol. The first-order chi connectivity index (χ1) is 7.72. The Morgan fingerprint density at radius 1 is 1.19 bits per heavy atom. The fraction of sp³-hybridized carbons (Fsp3) is 0.615. The molecule has 1 aromatic heterocycles. The Balaban J connectivity index is 2.25. The van der Waals surface area contributed by atoms with E-state index >= 15 is 0 Å². The van der Waals surface area contributed by atoms with Crippen LogP contribution in [-0.2, 0) is 17.6 Å². The second-order valence-corrected chi connectivity index (χ2v) is 5.33. The van der Waals surface area contributed by atoms with Crippen LogP contribution >= 0.6 is 11.3 Å². The summed E-state index contributed by atoms with van der Waals surface area (Å²) in [5.74, 6) is -0.695. The maximum Gasteiger partial charge on any atom is 0.303 e. The van der Waals surface area contributed by atoms with E-state index in [1.165, 1.54) is 35.4 Å². The van der Waals surface area contributed by atoms with Gasteiger partial charge in [0, 0.05) is 16.2 Å². The number of aliphatic carboxylic acids is 1. The highest BCUT2D eigenvalue weighted by Crippen LogP contribution is 2.20. The number of hydrogen-bond donors (Lipinski definition) is 1. The molecule has 0 amide bonds. The van der Waals surface area contributed by atoms with Crippen LogP contribution in [0.3, 0.4) is 0 Å². The zero-order valence-electron chi connectivity index (χ0n) is 9.87. The largest absolute Gasteiger partial charge is 0.481 e. The summed E-state index contributed by atoms with van der Waals surface area (Å²) in [5.41, 5.74) is 0. The quantitative estimate of drug-likeness (QED) is 0.700. The van der Waals surface area contributed by atoms with Gasteiger partial charge in [-0.15, -0.1) is 11.3 Å². The van der Waals surface area contributed by atoms with Crippen molar-refractivity contribution in [3.05, 3.63) is 21.9 Å². The van der Waals surface area contributed by atoms with Gasteiger partial charge in [0.2, 0.25) is 0 Å². The molecule has 16 heavy (non-hydrogen) atoms. The van der Waals surface area contributed by atoms with Crippen molar-refractivity contribution in [2.24, 2.45) is 0 Å². The zero-order valence-corrected chi connectivity index (χ0v) is 10.7. The minimum atomic E-state index is -0.695. The Kier molecular flexibility index (Phi) is 6.16. The van der Waals surface area contributed by atoms with Crippen LogP contribution in [0.2, 0.25) is 0 Å². The van der Waals surface area contributed by atoms with Crippen LogP contribution in [0.5, 0.6) is 0 Å². The van der Waals surface area contributed by atoms with Crippen LogP contribution in [0.15, 0.2) is 12.1 Å². The van der Waals surface area contributed by atoms with Crippen molar-refractivity contribution in [2.45, 2.75) is 51.9 Å². The summed E-state index contributed by atoms with van der Waals surface area (Å²) in [4.78, 5) is 13.1. The molecule has 0 aliphatic rings. The van der Waals surface area contributed by atoms with E-state index in [1.54, 1.807) is 0 Å². The third kappa shape index (κ3) is 5.31. The monoisotopic (exact) mass is 240 g/mol. The number of carboxylic acids is 1. The summed E-state index contributed by atoms with van der Waals surface area (Å²) in [6.07, 6.45) is 6.95. The number of unbranched alkanes of at least 4 members (excludes halogenated alkanes) is 2. The Bertz CT molecular complexity index is 317. The first-order valence-corrected chi connectivity index (χ1v) is 6.83. The van der Waals surface area contributed by atoms with Crippen molar-refractivity contribution in [3.63, 3.8) is 0 Å². The normalized spacial score (nSPS) is 10.6. The van der Waals surface area contributed by atoms with Gasteiger partial charge in [0.25, 0.3) is 0 Å². The Hall–Kier alpha value is -0.830. The lowest BCUT2D eigenvalue weighted by Crippen LogP contribution is -1.94. The lowest BCUT2D eigenvalue weighted by molar-refractivity contribution is -0.137. The third-order valence-electron chi connectivity index (χ3n) is 2.56. The van der Waals surface area contributed by atoms with E-state index in [4.69, 9.17) is 5.11 Å². The molecule has 0 aliphatic carbocycles. The molecule has 0 spiro atoms. The van der Waals surface area contributed by atoms with E-state index in [2.05, 4.69) is 19.1 Å². The van der Waals surface area contributed by atoms with Gasteiger partial charge in [-0.1, -0.05) is 19.8 Å². The molecule has 0 aliphatic heterocycles. The second kappa shape index (κ2) is 7.44. The van der Waals surface area contributed by atoms with Crippen LogP contribution in [0.1, 0.15) is 48.8 Å². The molecule has 3 heteroatoms. The summed E-state index contributed by atoms with van der Waals surface area (Å²) in [6.45, 7) is 2.21. The maximum absolute atomic E-state index is 10.4. The Morgan fingerprint density at radius 2 is 1.81 bits per heavy atom. The molecule has 90 valence electrons. The van der Waals surface area contributed by atoms with E-state index < -0.39 is 5.97 Å². The van der Waals surface area contributed by atoms with Crippen LogP contribution in [-0.4, -0.2) is 11.1 Å². The number of rotatable bonds is 8. The number of hydrogen-bond acceptors (Lipinski definition) is 2. The topological polar surface area (TPSA) is 37.3 Å². The molecule has 2 nitrogen and oxygen atoms in total. The summed E-state index contributed by atoms with van der Waals surface area (Å²) in [6, 6.07) is 4.34. The second-order valence-electron chi connectivity index (χ2n) is 4.07. The molecule has 1 rings (SSSR count). The molecular weight excluding hydrogens is 220 g/mol. The molecule has 1 N–H and O–H groups in total. The van der Waals surface area contributed by atoms with E-state index in [9.17, 15) is 4.79 Å². The van der Waals surface area contributed by atoms with Crippen LogP contribution < -0.4 is 0 Å². The molecule has 1 heterocycles.